The third-order valence-electron chi connectivity index (χ3n) is 2.61. The number of carboxylic acid groups (broad SMARTS) is 1. The summed E-state index contributed by atoms with van der Waals surface area (Å²) in [7, 11) is 0. The molecule has 0 bridgehead atoms. The van der Waals surface area contributed by atoms with Gasteiger partial charge in [-0.25, -0.2) is 4.98 Å². The molecule has 84 valence electrons. The number of hydrogen-bond donors (Lipinski definition) is 1. The van der Waals surface area contributed by atoms with Crippen molar-refractivity contribution in [2.75, 3.05) is 0 Å². The highest BCUT2D eigenvalue weighted by molar-refractivity contribution is 5.67. The quantitative estimate of drug-likeness (QED) is 0.856. The standard InChI is InChI=1S/C12H14N2O2/c1-8-3-5-11-10(4-6-12(15)16)13-9(2)14(11)7-8/h3,5,7H,4,6H2,1-2H3,(H,15,16). The van der Waals surface area contributed by atoms with E-state index in [1.807, 2.05) is 36.6 Å². The number of aromatic nitrogens is 2. The van der Waals surface area contributed by atoms with Crippen molar-refractivity contribution in [3.63, 3.8) is 0 Å². The van der Waals surface area contributed by atoms with Crippen molar-refractivity contribution in [3.05, 3.63) is 35.4 Å². The summed E-state index contributed by atoms with van der Waals surface area (Å²) in [6.45, 7) is 3.95. The van der Waals surface area contributed by atoms with Gasteiger partial charge in [0, 0.05) is 12.6 Å². The van der Waals surface area contributed by atoms with Gasteiger partial charge < -0.3 is 9.51 Å². The van der Waals surface area contributed by atoms with Crippen LogP contribution in [0.1, 0.15) is 23.5 Å². The van der Waals surface area contributed by atoms with Crippen molar-refractivity contribution < 1.29 is 9.90 Å². The maximum Gasteiger partial charge on any atom is 0.303 e. The highest BCUT2D eigenvalue weighted by Crippen LogP contribution is 2.15. The Kier molecular flexibility index (Phi) is 2.64. The van der Waals surface area contributed by atoms with Crippen molar-refractivity contribution in [2.24, 2.45) is 0 Å². The minimum absolute atomic E-state index is 0.125. The van der Waals surface area contributed by atoms with Gasteiger partial charge >= 0.3 is 5.97 Å². The molecule has 0 spiro atoms. The van der Waals surface area contributed by atoms with Crippen LogP contribution in [0.4, 0.5) is 0 Å². The molecule has 2 aromatic heterocycles. The largest absolute Gasteiger partial charge is 0.481 e. The Balaban J connectivity index is 2.43. The molecule has 0 unspecified atom stereocenters. The lowest BCUT2D eigenvalue weighted by atomic mass is 10.2. The molecule has 0 fully saturated rings. The number of aryl methyl sites for hydroxylation is 3. The Morgan fingerprint density at radius 1 is 1.44 bits per heavy atom. The molecule has 0 aliphatic rings. The van der Waals surface area contributed by atoms with Gasteiger partial charge in [-0.1, -0.05) is 6.07 Å². The second-order valence-corrected chi connectivity index (χ2v) is 3.96. The number of hydrogen-bond acceptors (Lipinski definition) is 2. The molecule has 0 aliphatic carbocycles. The predicted molar refractivity (Wildman–Crippen MR) is 60.6 cm³/mol. The summed E-state index contributed by atoms with van der Waals surface area (Å²) in [5, 5.41) is 8.66. The van der Waals surface area contributed by atoms with E-state index in [9.17, 15) is 4.79 Å². The van der Waals surface area contributed by atoms with Gasteiger partial charge in [-0.3, -0.25) is 4.79 Å². The molecule has 0 aliphatic heterocycles. The fourth-order valence-corrected chi connectivity index (χ4v) is 1.83. The lowest BCUT2D eigenvalue weighted by molar-refractivity contribution is -0.136. The van der Waals surface area contributed by atoms with Crippen molar-refractivity contribution in [1.29, 1.82) is 0 Å². The van der Waals surface area contributed by atoms with Crippen LogP contribution in [0.3, 0.4) is 0 Å². The highest BCUT2D eigenvalue weighted by atomic mass is 16.4. The summed E-state index contributed by atoms with van der Waals surface area (Å²) >= 11 is 0. The van der Waals surface area contributed by atoms with E-state index in [0.717, 1.165) is 22.6 Å². The first-order chi connectivity index (χ1) is 7.58. The van der Waals surface area contributed by atoms with Crippen molar-refractivity contribution in [1.82, 2.24) is 9.38 Å². The average molecular weight is 218 g/mol. The monoisotopic (exact) mass is 218 g/mol. The molecule has 0 saturated carbocycles. The van der Waals surface area contributed by atoms with Crippen LogP contribution in [0.15, 0.2) is 18.3 Å². The summed E-state index contributed by atoms with van der Waals surface area (Å²) in [6.07, 6.45) is 2.62. The van der Waals surface area contributed by atoms with E-state index in [4.69, 9.17) is 5.11 Å². The maximum atomic E-state index is 10.5. The molecule has 0 saturated heterocycles. The summed E-state index contributed by atoms with van der Waals surface area (Å²) in [4.78, 5) is 14.9. The van der Waals surface area contributed by atoms with Crippen molar-refractivity contribution in [2.45, 2.75) is 26.7 Å². The summed E-state index contributed by atoms with van der Waals surface area (Å²) in [5.74, 6) is 0.116. The molecule has 2 aromatic rings. The lowest BCUT2D eigenvalue weighted by Gasteiger charge is -1.99. The van der Waals surface area contributed by atoms with Gasteiger partial charge in [0.05, 0.1) is 17.6 Å². The number of imidazole rings is 1. The fourth-order valence-electron chi connectivity index (χ4n) is 1.83. The Hall–Kier alpha value is -1.84. The van der Waals surface area contributed by atoms with E-state index in [-0.39, 0.29) is 6.42 Å². The van der Waals surface area contributed by atoms with Crippen LogP contribution >= 0.6 is 0 Å². The smallest absolute Gasteiger partial charge is 0.303 e. The first-order valence-electron chi connectivity index (χ1n) is 5.24. The van der Waals surface area contributed by atoms with E-state index in [2.05, 4.69) is 4.98 Å². The topological polar surface area (TPSA) is 54.6 Å². The number of nitrogens with zero attached hydrogens (tertiary/aromatic N) is 2. The van der Waals surface area contributed by atoms with Gasteiger partial charge in [0.25, 0.3) is 0 Å². The Bertz CT molecular complexity index is 543. The van der Waals surface area contributed by atoms with E-state index >= 15 is 0 Å². The zero-order chi connectivity index (χ0) is 11.7. The summed E-state index contributed by atoms with van der Waals surface area (Å²) < 4.78 is 2.01. The van der Waals surface area contributed by atoms with E-state index in [1.54, 1.807) is 0 Å². The molecule has 0 amide bonds. The second kappa shape index (κ2) is 3.96. The highest BCUT2D eigenvalue weighted by Gasteiger charge is 2.09. The number of rotatable bonds is 3. The Labute approximate surface area is 93.5 Å². The third-order valence-corrected chi connectivity index (χ3v) is 2.61. The van der Waals surface area contributed by atoms with Gasteiger partial charge in [0.1, 0.15) is 5.82 Å². The zero-order valence-electron chi connectivity index (χ0n) is 9.40. The van der Waals surface area contributed by atoms with E-state index in [0.29, 0.717) is 6.42 Å². The average Bonchev–Trinajstić information content (AvgIpc) is 2.53. The first-order valence-corrected chi connectivity index (χ1v) is 5.24. The summed E-state index contributed by atoms with van der Waals surface area (Å²) in [5.41, 5.74) is 3.03. The molecule has 16 heavy (non-hydrogen) atoms. The molecule has 0 aromatic carbocycles. The van der Waals surface area contributed by atoms with E-state index < -0.39 is 5.97 Å². The van der Waals surface area contributed by atoms with Crippen molar-refractivity contribution >= 4 is 11.5 Å². The van der Waals surface area contributed by atoms with Gasteiger partial charge in [-0.05, 0) is 25.5 Å². The molecule has 4 heteroatoms. The summed E-state index contributed by atoms with van der Waals surface area (Å²) in [6, 6.07) is 4.01. The minimum atomic E-state index is -0.786. The van der Waals surface area contributed by atoms with Gasteiger partial charge in [0.15, 0.2) is 0 Å². The van der Waals surface area contributed by atoms with Gasteiger partial charge in [-0.15, -0.1) is 0 Å². The normalized spacial score (nSPS) is 10.9. The molecule has 2 rings (SSSR count). The van der Waals surface area contributed by atoms with Gasteiger partial charge in [-0.2, -0.15) is 0 Å². The Morgan fingerprint density at radius 2 is 2.19 bits per heavy atom. The molecule has 0 radical (unpaired) electrons. The van der Waals surface area contributed by atoms with E-state index in [1.165, 1.54) is 0 Å². The number of fused-ring (bicyclic) bond motifs is 1. The molecular weight excluding hydrogens is 204 g/mol. The van der Waals surface area contributed by atoms with Crippen molar-refractivity contribution in [3.8, 4) is 0 Å². The third kappa shape index (κ3) is 1.91. The van der Waals surface area contributed by atoms with Crippen LogP contribution in [-0.4, -0.2) is 20.5 Å². The van der Waals surface area contributed by atoms with Crippen LogP contribution in [0.5, 0.6) is 0 Å². The first kappa shape index (κ1) is 10.7. The van der Waals surface area contributed by atoms with Crippen LogP contribution in [0.2, 0.25) is 0 Å². The molecule has 1 N–H and O–H groups in total. The van der Waals surface area contributed by atoms with Crippen LogP contribution in [0, 0.1) is 13.8 Å². The Morgan fingerprint density at radius 3 is 2.88 bits per heavy atom. The molecule has 2 heterocycles. The molecule has 0 atom stereocenters. The number of carboxylic acids is 1. The van der Waals surface area contributed by atoms with Gasteiger partial charge in [0.2, 0.25) is 0 Å². The molecular formula is C12H14N2O2. The van der Waals surface area contributed by atoms with Crippen LogP contribution < -0.4 is 0 Å². The zero-order valence-corrected chi connectivity index (χ0v) is 9.40. The molecule has 4 nitrogen and oxygen atoms in total. The number of aliphatic carboxylic acids is 1. The fraction of sp³-hybridized carbons (Fsp3) is 0.333. The lowest BCUT2D eigenvalue weighted by Crippen LogP contribution is -1.98. The SMILES string of the molecule is Cc1ccc2c(CCC(=O)O)nc(C)n2c1. The number of pyridine rings is 1. The maximum absolute atomic E-state index is 10.5. The van der Waals surface area contributed by atoms with Crippen LogP contribution in [-0.2, 0) is 11.2 Å². The minimum Gasteiger partial charge on any atom is -0.481 e. The van der Waals surface area contributed by atoms with Crippen LogP contribution in [0.25, 0.3) is 5.52 Å². The second-order valence-electron chi connectivity index (χ2n) is 3.96. The predicted octanol–water partition coefficient (Wildman–Crippen LogP) is 1.97. The number of carbonyl (C=O) groups is 1.